The predicted octanol–water partition coefficient (Wildman–Crippen LogP) is 3.60. The van der Waals surface area contributed by atoms with E-state index in [0.717, 1.165) is 19.3 Å². The Morgan fingerprint density at radius 2 is 1.94 bits per heavy atom. The minimum atomic E-state index is -0.415. The van der Waals surface area contributed by atoms with Gasteiger partial charge in [0.2, 0.25) is 0 Å². The molecule has 0 bridgehead atoms. The van der Waals surface area contributed by atoms with Gasteiger partial charge in [-0.05, 0) is 12.0 Å². The number of allylic oxidation sites excluding steroid dienone is 2. The maximum Gasteiger partial charge on any atom is 0.0855 e. The Hall–Kier alpha value is -1.34. The molecule has 2 unspecified atom stereocenters. The van der Waals surface area contributed by atoms with Crippen molar-refractivity contribution in [1.29, 1.82) is 0 Å². The molecule has 1 heteroatoms. The Morgan fingerprint density at radius 1 is 1.18 bits per heavy atom. The van der Waals surface area contributed by atoms with Crippen LogP contribution in [0.2, 0.25) is 0 Å². The number of hydrogen-bond donors (Lipinski definition) is 1. The van der Waals surface area contributed by atoms with Crippen molar-refractivity contribution in [3.8, 4) is 0 Å². The second-order valence-electron chi connectivity index (χ2n) is 4.70. The van der Waals surface area contributed by atoms with Crippen molar-refractivity contribution < 1.29 is 5.11 Å². The van der Waals surface area contributed by atoms with Gasteiger partial charge in [-0.25, -0.2) is 0 Å². The first-order chi connectivity index (χ1) is 8.29. The summed E-state index contributed by atoms with van der Waals surface area (Å²) in [7, 11) is 0. The standard InChI is InChI=1S/C16H20O/c1-2-3-12-16(13-8-7-11-15(16)17)14-9-5-4-6-10-14/h4-11,13,15,17H,2-3,12H2,1H3. The minimum Gasteiger partial charge on any atom is -0.388 e. The van der Waals surface area contributed by atoms with Gasteiger partial charge in [0.05, 0.1) is 6.10 Å². The SMILES string of the molecule is CCCCC1(c2ccccc2)C=CC=CC1O. The van der Waals surface area contributed by atoms with Gasteiger partial charge in [-0.3, -0.25) is 0 Å². The van der Waals surface area contributed by atoms with Crippen LogP contribution >= 0.6 is 0 Å². The van der Waals surface area contributed by atoms with Crippen molar-refractivity contribution in [2.24, 2.45) is 0 Å². The van der Waals surface area contributed by atoms with Crippen LogP contribution in [-0.4, -0.2) is 11.2 Å². The van der Waals surface area contributed by atoms with E-state index in [4.69, 9.17) is 0 Å². The summed E-state index contributed by atoms with van der Waals surface area (Å²) in [6.07, 6.45) is 10.9. The summed E-state index contributed by atoms with van der Waals surface area (Å²) in [5, 5.41) is 10.4. The second-order valence-corrected chi connectivity index (χ2v) is 4.70. The van der Waals surface area contributed by atoms with E-state index >= 15 is 0 Å². The molecule has 0 fully saturated rings. The van der Waals surface area contributed by atoms with Crippen molar-refractivity contribution in [3.05, 3.63) is 60.2 Å². The molecule has 1 N–H and O–H groups in total. The zero-order chi connectivity index (χ0) is 12.1. The van der Waals surface area contributed by atoms with E-state index in [9.17, 15) is 5.11 Å². The molecule has 0 saturated carbocycles. The molecule has 0 saturated heterocycles. The van der Waals surface area contributed by atoms with Crippen LogP contribution in [-0.2, 0) is 5.41 Å². The Morgan fingerprint density at radius 3 is 2.59 bits per heavy atom. The van der Waals surface area contributed by atoms with Gasteiger partial charge >= 0.3 is 0 Å². The average Bonchev–Trinajstić information content (AvgIpc) is 2.39. The maximum absolute atomic E-state index is 10.4. The predicted molar refractivity (Wildman–Crippen MR) is 71.9 cm³/mol. The number of unbranched alkanes of at least 4 members (excludes halogenated alkanes) is 1. The lowest BCUT2D eigenvalue weighted by Crippen LogP contribution is -2.37. The van der Waals surface area contributed by atoms with E-state index in [2.05, 4.69) is 31.2 Å². The van der Waals surface area contributed by atoms with E-state index in [1.807, 2.05) is 30.4 Å². The van der Waals surface area contributed by atoms with E-state index in [1.165, 1.54) is 5.56 Å². The Labute approximate surface area is 103 Å². The lowest BCUT2D eigenvalue weighted by molar-refractivity contribution is 0.141. The molecule has 1 aliphatic rings. The zero-order valence-corrected chi connectivity index (χ0v) is 10.3. The van der Waals surface area contributed by atoms with Crippen LogP contribution in [0.25, 0.3) is 0 Å². The van der Waals surface area contributed by atoms with Crippen LogP contribution in [0.15, 0.2) is 54.6 Å². The highest BCUT2D eigenvalue weighted by molar-refractivity contribution is 5.38. The van der Waals surface area contributed by atoms with E-state index < -0.39 is 6.10 Å². The number of hydrogen-bond acceptors (Lipinski definition) is 1. The van der Waals surface area contributed by atoms with Crippen LogP contribution in [0, 0.1) is 0 Å². The molecule has 2 rings (SSSR count). The van der Waals surface area contributed by atoms with Gasteiger partial charge in [-0.2, -0.15) is 0 Å². The molecule has 2 atom stereocenters. The molecular formula is C16H20O. The third kappa shape index (κ3) is 2.34. The fourth-order valence-electron chi connectivity index (χ4n) is 2.53. The molecule has 1 nitrogen and oxygen atoms in total. The van der Waals surface area contributed by atoms with E-state index in [0.29, 0.717) is 0 Å². The number of benzene rings is 1. The molecule has 0 radical (unpaired) electrons. The van der Waals surface area contributed by atoms with Crippen molar-refractivity contribution in [3.63, 3.8) is 0 Å². The smallest absolute Gasteiger partial charge is 0.0855 e. The largest absolute Gasteiger partial charge is 0.388 e. The summed E-state index contributed by atoms with van der Waals surface area (Å²) in [5.41, 5.74) is 0.980. The van der Waals surface area contributed by atoms with Crippen LogP contribution in [0.1, 0.15) is 31.7 Å². The summed E-state index contributed by atoms with van der Waals surface area (Å²) < 4.78 is 0. The van der Waals surface area contributed by atoms with Gasteiger partial charge in [0, 0.05) is 5.41 Å². The zero-order valence-electron chi connectivity index (χ0n) is 10.3. The normalized spacial score (nSPS) is 27.3. The Kier molecular flexibility index (Phi) is 3.80. The molecule has 0 aromatic heterocycles. The second kappa shape index (κ2) is 5.33. The van der Waals surface area contributed by atoms with Crippen LogP contribution in [0.3, 0.4) is 0 Å². The van der Waals surface area contributed by atoms with Crippen molar-refractivity contribution in [2.45, 2.75) is 37.7 Å². The monoisotopic (exact) mass is 228 g/mol. The molecule has 0 heterocycles. The lowest BCUT2D eigenvalue weighted by atomic mass is 9.70. The molecular weight excluding hydrogens is 208 g/mol. The molecule has 17 heavy (non-hydrogen) atoms. The molecule has 0 amide bonds. The quantitative estimate of drug-likeness (QED) is 0.834. The summed E-state index contributed by atoms with van der Waals surface area (Å²) in [5.74, 6) is 0. The third-order valence-electron chi connectivity index (χ3n) is 3.58. The number of aliphatic hydroxyl groups excluding tert-OH is 1. The summed E-state index contributed by atoms with van der Waals surface area (Å²) in [4.78, 5) is 0. The van der Waals surface area contributed by atoms with Crippen LogP contribution < -0.4 is 0 Å². The van der Waals surface area contributed by atoms with E-state index in [1.54, 1.807) is 0 Å². The highest BCUT2D eigenvalue weighted by Crippen LogP contribution is 2.37. The molecule has 1 aromatic carbocycles. The molecule has 1 aliphatic carbocycles. The number of rotatable bonds is 4. The lowest BCUT2D eigenvalue weighted by Gasteiger charge is -2.36. The van der Waals surface area contributed by atoms with Gasteiger partial charge in [0.15, 0.2) is 0 Å². The summed E-state index contributed by atoms with van der Waals surface area (Å²) in [6, 6.07) is 10.3. The van der Waals surface area contributed by atoms with E-state index in [-0.39, 0.29) is 5.41 Å². The van der Waals surface area contributed by atoms with Gasteiger partial charge in [0.1, 0.15) is 0 Å². The number of aliphatic hydroxyl groups is 1. The molecule has 0 spiro atoms. The molecule has 90 valence electrons. The van der Waals surface area contributed by atoms with Crippen molar-refractivity contribution in [2.75, 3.05) is 0 Å². The Bertz CT molecular complexity index is 405. The molecule has 0 aliphatic heterocycles. The topological polar surface area (TPSA) is 20.2 Å². The summed E-state index contributed by atoms with van der Waals surface area (Å²) >= 11 is 0. The van der Waals surface area contributed by atoms with Gasteiger partial charge in [-0.15, -0.1) is 0 Å². The Balaban J connectivity index is 2.37. The fourth-order valence-corrected chi connectivity index (χ4v) is 2.53. The first-order valence-electron chi connectivity index (χ1n) is 6.39. The van der Waals surface area contributed by atoms with Gasteiger partial charge in [-0.1, -0.05) is 74.4 Å². The van der Waals surface area contributed by atoms with Gasteiger partial charge < -0.3 is 5.11 Å². The fraction of sp³-hybridized carbons (Fsp3) is 0.375. The maximum atomic E-state index is 10.4. The minimum absolute atomic E-state index is 0.230. The average molecular weight is 228 g/mol. The highest BCUT2D eigenvalue weighted by Gasteiger charge is 2.36. The van der Waals surface area contributed by atoms with Gasteiger partial charge in [0.25, 0.3) is 0 Å². The van der Waals surface area contributed by atoms with Crippen molar-refractivity contribution in [1.82, 2.24) is 0 Å². The van der Waals surface area contributed by atoms with Crippen LogP contribution in [0.4, 0.5) is 0 Å². The highest BCUT2D eigenvalue weighted by atomic mass is 16.3. The first-order valence-corrected chi connectivity index (χ1v) is 6.39. The third-order valence-corrected chi connectivity index (χ3v) is 3.58. The van der Waals surface area contributed by atoms with Crippen molar-refractivity contribution >= 4 is 0 Å². The van der Waals surface area contributed by atoms with Crippen LogP contribution in [0.5, 0.6) is 0 Å². The molecule has 1 aromatic rings. The summed E-state index contributed by atoms with van der Waals surface area (Å²) in [6.45, 7) is 2.19. The first kappa shape index (κ1) is 12.1.